The van der Waals surface area contributed by atoms with Gasteiger partial charge in [-0.2, -0.15) is 5.26 Å². The van der Waals surface area contributed by atoms with E-state index in [1.54, 1.807) is 13.0 Å². The van der Waals surface area contributed by atoms with Gasteiger partial charge in [0.2, 0.25) is 0 Å². The Labute approximate surface area is 118 Å². The number of alkyl halides is 3. The zero-order valence-corrected chi connectivity index (χ0v) is 10.9. The summed E-state index contributed by atoms with van der Waals surface area (Å²) < 4.78 is 44.3. The van der Waals surface area contributed by atoms with E-state index < -0.39 is 12.3 Å². The molecule has 5 nitrogen and oxygen atoms in total. The van der Waals surface area contributed by atoms with E-state index in [0.29, 0.717) is 5.69 Å². The molecule has 0 aromatic heterocycles. The van der Waals surface area contributed by atoms with Gasteiger partial charge in [0.05, 0.1) is 6.61 Å². The molecule has 1 N–H and O–H groups in total. The summed E-state index contributed by atoms with van der Waals surface area (Å²) in [6.45, 7) is 1.72. The summed E-state index contributed by atoms with van der Waals surface area (Å²) in [6.07, 6.45) is -3.65. The number of ether oxygens (including phenoxy) is 2. The van der Waals surface area contributed by atoms with E-state index in [-0.39, 0.29) is 17.9 Å². The Balaban J connectivity index is 2.71. The van der Waals surface area contributed by atoms with Gasteiger partial charge in [0.25, 0.3) is 0 Å². The molecule has 0 fully saturated rings. The van der Waals surface area contributed by atoms with Gasteiger partial charge < -0.3 is 14.8 Å². The molecule has 0 heterocycles. The number of nitriles is 1. The molecule has 0 saturated heterocycles. The Morgan fingerprint density at radius 1 is 1.38 bits per heavy atom. The average molecular weight is 300 g/mol. The van der Waals surface area contributed by atoms with Crippen molar-refractivity contribution in [2.45, 2.75) is 13.3 Å². The molecule has 0 spiro atoms. The standard InChI is InChI=1S/C13H11F3N2O3/c1-2-20-12(19)9(7-17)8-18-10-3-5-11(6-4-10)21-13(14,15)16/h3-6,8,18H,2H2,1H3/b9-8+. The van der Waals surface area contributed by atoms with E-state index in [9.17, 15) is 18.0 Å². The van der Waals surface area contributed by atoms with Crippen molar-refractivity contribution in [3.05, 3.63) is 36.0 Å². The number of hydrogen-bond acceptors (Lipinski definition) is 5. The van der Waals surface area contributed by atoms with Crippen molar-refractivity contribution >= 4 is 11.7 Å². The number of hydrogen-bond donors (Lipinski definition) is 1. The van der Waals surface area contributed by atoms with E-state index in [1.807, 2.05) is 0 Å². The SMILES string of the molecule is CCOC(=O)/C(C#N)=C/Nc1ccc(OC(F)(F)F)cc1. The number of carbonyl (C=O) groups is 1. The van der Waals surface area contributed by atoms with Gasteiger partial charge in [0.1, 0.15) is 11.8 Å². The van der Waals surface area contributed by atoms with E-state index in [1.165, 1.54) is 12.1 Å². The molecule has 0 saturated carbocycles. The minimum absolute atomic E-state index is 0.126. The number of rotatable bonds is 5. The Morgan fingerprint density at radius 2 is 2.00 bits per heavy atom. The molecular formula is C13H11F3N2O3. The van der Waals surface area contributed by atoms with Crippen LogP contribution in [0.25, 0.3) is 0 Å². The van der Waals surface area contributed by atoms with Gasteiger partial charge in [-0.1, -0.05) is 0 Å². The summed E-state index contributed by atoms with van der Waals surface area (Å²) in [5, 5.41) is 11.4. The molecule has 0 aliphatic heterocycles. The van der Waals surface area contributed by atoms with Gasteiger partial charge in [-0.3, -0.25) is 0 Å². The third-order valence-corrected chi connectivity index (χ3v) is 2.09. The summed E-state index contributed by atoms with van der Waals surface area (Å²) >= 11 is 0. The largest absolute Gasteiger partial charge is 0.573 e. The van der Waals surface area contributed by atoms with Crippen LogP contribution in [0.15, 0.2) is 36.0 Å². The predicted molar refractivity (Wildman–Crippen MR) is 67.1 cm³/mol. The van der Waals surface area contributed by atoms with Crippen LogP contribution in [0, 0.1) is 11.3 Å². The van der Waals surface area contributed by atoms with Crippen LogP contribution in [0.1, 0.15) is 6.92 Å². The van der Waals surface area contributed by atoms with Gasteiger partial charge >= 0.3 is 12.3 Å². The second kappa shape index (κ2) is 7.19. The Bertz CT molecular complexity index is 560. The zero-order valence-electron chi connectivity index (χ0n) is 10.9. The third-order valence-electron chi connectivity index (χ3n) is 2.09. The van der Waals surface area contributed by atoms with Crippen LogP contribution in [-0.4, -0.2) is 18.9 Å². The summed E-state index contributed by atoms with van der Waals surface area (Å²) in [5.74, 6) is -1.16. The van der Waals surface area contributed by atoms with Crippen molar-refractivity contribution in [3.63, 3.8) is 0 Å². The molecular weight excluding hydrogens is 289 g/mol. The molecule has 0 aliphatic rings. The Hall–Kier alpha value is -2.69. The van der Waals surface area contributed by atoms with Crippen molar-refractivity contribution in [2.24, 2.45) is 0 Å². The second-order valence-corrected chi connectivity index (χ2v) is 3.61. The fourth-order valence-corrected chi connectivity index (χ4v) is 1.25. The lowest BCUT2D eigenvalue weighted by atomic mass is 10.3. The quantitative estimate of drug-likeness (QED) is 0.514. The van der Waals surface area contributed by atoms with Crippen molar-refractivity contribution in [2.75, 3.05) is 11.9 Å². The smallest absolute Gasteiger partial charge is 0.462 e. The topological polar surface area (TPSA) is 71.4 Å². The van der Waals surface area contributed by atoms with E-state index >= 15 is 0 Å². The van der Waals surface area contributed by atoms with E-state index in [4.69, 9.17) is 5.26 Å². The molecule has 0 atom stereocenters. The number of nitrogens with zero attached hydrogens (tertiary/aromatic N) is 1. The van der Waals surface area contributed by atoms with Crippen LogP contribution < -0.4 is 10.1 Å². The lowest BCUT2D eigenvalue weighted by Gasteiger charge is -2.09. The second-order valence-electron chi connectivity index (χ2n) is 3.61. The molecule has 0 radical (unpaired) electrons. The van der Waals surface area contributed by atoms with Crippen LogP contribution in [0.3, 0.4) is 0 Å². The van der Waals surface area contributed by atoms with Crippen molar-refractivity contribution in [1.82, 2.24) is 0 Å². The molecule has 112 valence electrons. The molecule has 0 unspecified atom stereocenters. The number of nitrogens with one attached hydrogen (secondary N) is 1. The number of halogens is 3. The Morgan fingerprint density at radius 3 is 2.48 bits per heavy atom. The molecule has 1 aromatic rings. The number of carbonyl (C=O) groups excluding carboxylic acids is 1. The molecule has 1 rings (SSSR count). The van der Waals surface area contributed by atoms with Gasteiger partial charge in [0.15, 0.2) is 5.57 Å². The lowest BCUT2D eigenvalue weighted by Crippen LogP contribution is -2.16. The number of benzene rings is 1. The van der Waals surface area contributed by atoms with Crippen LogP contribution in [0.4, 0.5) is 18.9 Å². The minimum atomic E-state index is -4.76. The van der Waals surface area contributed by atoms with Gasteiger partial charge in [-0.15, -0.1) is 13.2 Å². The first kappa shape index (κ1) is 16.4. The summed E-state index contributed by atoms with van der Waals surface area (Å²) in [7, 11) is 0. The van der Waals surface area contributed by atoms with Crippen molar-refractivity contribution in [1.29, 1.82) is 5.26 Å². The van der Waals surface area contributed by atoms with Crippen LogP contribution in [0.5, 0.6) is 5.75 Å². The normalized spacial score (nSPS) is 11.5. The highest BCUT2D eigenvalue weighted by Crippen LogP contribution is 2.23. The Kier molecular flexibility index (Phi) is 5.60. The lowest BCUT2D eigenvalue weighted by molar-refractivity contribution is -0.274. The van der Waals surface area contributed by atoms with Gasteiger partial charge in [-0.25, -0.2) is 4.79 Å². The molecule has 1 aromatic carbocycles. The maximum Gasteiger partial charge on any atom is 0.573 e. The maximum atomic E-state index is 12.0. The first-order valence-electron chi connectivity index (χ1n) is 5.75. The molecule has 0 amide bonds. The van der Waals surface area contributed by atoms with Gasteiger partial charge in [-0.05, 0) is 31.2 Å². The molecule has 0 aliphatic carbocycles. The molecule has 0 bridgehead atoms. The maximum absolute atomic E-state index is 12.0. The third kappa shape index (κ3) is 5.86. The monoisotopic (exact) mass is 300 g/mol. The highest BCUT2D eigenvalue weighted by atomic mass is 19.4. The zero-order chi connectivity index (χ0) is 15.9. The minimum Gasteiger partial charge on any atom is -0.462 e. The summed E-state index contributed by atoms with van der Waals surface area (Å²) in [6, 6.07) is 6.45. The van der Waals surface area contributed by atoms with Gasteiger partial charge in [0, 0.05) is 11.9 Å². The first-order valence-corrected chi connectivity index (χ1v) is 5.75. The fourth-order valence-electron chi connectivity index (χ4n) is 1.25. The van der Waals surface area contributed by atoms with E-state index in [2.05, 4.69) is 14.8 Å². The number of anilines is 1. The fraction of sp³-hybridized carbons (Fsp3) is 0.231. The van der Waals surface area contributed by atoms with Crippen LogP contribution in [0.2, 0.25) is 0 Å². The summed E-state index contributed by atoms with van der Waals surface area (Å²) in [5.41, 5.74) is 0.119. The molecule has 8 heteroatoms. The predicted octanol–water partition coefficient (Wildman–Crippen LogP) is 2.97. The first-order chi connectivity index (χ1) is 9.85. The highest BCUT2D eigenvalue weighted by Gasteiger charge is 2.30. The summed E-state index contributed by atoms with van der Waals surface area (Å²) in [4.78, 5) is 11.3. The van der Waals surface area contributed by atoms with Crippen molar-refractivity contribution < 1.29 is 27.4 Å². The van der Waals surface area contributed by atoms with Crippen LogP contribution >= 0.6 is 0 Å². The molecule has 21 heavy (non-hydrogen) atoms. The van der Waals surface area contributed by atoms with Crippen LogP contribution in [-0.2, 0) is 9.53 Å². The average Bonchev–Trinajstić information content (AvgIpc) is 2.40. The van der Waals surface area contributed by atoms with Crippen molar-refractivity contribution in [3.8, 4) is 11.8 Å². The van der Waals surface area contributed by atoms with E-state index in [0.717, 1.165) is 18.3 Å². The number of esters is 1. The highest BCUT2D eigenvalue weighted by molar-refractivity contribution is 5.93.